The first-order chi connectivity index (χ1) is 9.78. The quantitative estimate of drug-likeness (QED) is 0.908. The van der Waals surface area contributed by atoms with Crippen LogP contribution in [0.4, 0.5) is 5.69 Å². The molecule has 0 aromatic heterocycles. The lowest BCUT2D eigenvalue weighted by molar-refractivity contribution is 0.171. The van der Waals surface area contributed by atoms with Crippen LogP contribution in [0, 0.1) is 0 Å². The summed E-state index contributed by atoms with van der Waals surface area (Å²) in [6, 6.07) is 3.79. The van der Waals surface area contributed by atoms with E-state index in [1.807, 2.05) is 12.1 Å². The minimum absolute atomic E-state index is 0.580. The molecule has 0 bridgehead atoms. The highest BCUT2D eigenvalue weighted by Crippen LogP contribution is 2.42. The predicted molar refractivity (Wildman–Crippen MR) is 80.1 cm³/mol. The van der Waals surface area contributed by atoms with Crippen LogP contribution in [0.15, 0.2) is 12.1 Å². The molecule has 0 aliphatic carbocycles. The van der Waals surface area contributed by atoms with Crippen LogP contribution in [-0.2, 0) is 0 Å². The number of rotatable bonds is 3. The number of halogens is 1. The van der Waals surface area contributed by atoms with Gasteiger partial charge < -0.3 is 20.1 Å². The first kappa shape index (κ1) is 13.8. The van der Waals surface area contributed by atoms with Gasteiger partial charge in [0.05, 0.1) is 5.69 Å². The molecule has 0 radical (unpaired) electrons. The molecule has 2 aliphatic rings. The van der Waals surface area contributed by atoms with E-state index in [-0.39, 0.29) is 0 Å². The van der Waals surface area contributed by atoms with Crippen LogP contribution in [0.2, 0.25) is 5.02 Å². The van der Waals surface area contributed by atoms with E-state index >= 15 is 0 Å². The van der Waals surface area contributed by atoms with E-state index in [0.717, 1.165) is 49.9 Å². The Kier molecular flexibility index (Phi) is 4.19. The summed E-state index contributed by atoms with van der Waals surface area (Å²) in [6.45, 7) is 6.78. The Morgan fingerprint density at radius 1 is 1.10 bits per heavy atom. The van der Waals surface area contributed by atoms with Crippen LogP contribution < -0.4 is 20.1 Å². The van der Waals surface area contributed by atoms with Crippen molar-refractivity contribution in [1.82, 2.24) is 4.90 Å². The maximum Gasteiger partial charge on any atom is 0.184 e. The maximum atomic E-state index is 6.19. The number of ether oxygens (including phenoxy) is 2. The summed E-state index contributed by atoms with van der Waals surface area (Å²) in [5.41, 5.74) is 6.65. The van der Waals surface area contributed by atoms with E-state index in [4.69, 9.17) is 26.8 Å². The third-order valence-electron chi connectivity index (χ3n) is 3.75. The van der Waals surface area contributed by atoms with Crippen LogP contribution >= 0.6 is 11.6 Å². The molecule has 0 unspecified atom stereocenters. The Hall–Kier alpha value is -1.17. The molecular weight excluding hydrogens is 278 g/mol. The zero-order valence-electron chi connectivity index (χ0n) is 11.5. The second-order valence-electron chi connectivity index (χ2n) is 5.07. The van der Waals surface area contributed by atoms with E-state index in [1.165, 1.54) is 0 Å². The summed E-state index contributed by atoms with van der Waals surface area (Å²) in [5, 5.41) is 0.689. The number of piperazine rings is 1. The Bertz CT molecular complexity index is 476. The zero-order chi connectivity index (χ0) is 13.9. The van der Waals surface area contributed by atoms with Crippen LogP contribution in [0.5, 0.6) is 11.5 Å². The Labute approximate surface area is 124 Å². The second-order valence-corrected chi connectivity index (χ2v) is 5.50. The Balaban J connectivity index is 1.79. The lowest BCUT2D eigenvalue weighted by Crippen LogP contribution is -2.48. The van der Waals surface area contributed by atoms with Gasteiger partial charge in [0.25, 0.3) is 0 Å². The molecule has 2 aliphatic heterocycles. The summed E-state index contributed by atoms with van der Waals surface area (Å²) in [5.74, 6) is 1.58. The highest BCUT2D eigenvalue weighted by molar-refractivity contribution is 6.31. The molecule has 1 saturated heterocycles. The van der Waals surface area contributed by atoms with Gasteiger partial charge in [0.15, 0.2) is 11.5 Å². The van der Waals surface area contributed by atoms with Gasteiger partial charge in [0, 0.05) is 50.4 Å². The van der Waals surface area contributed by atoms with E-state index < -0.39 is 0 Å². The van der Waals surface area contributed by atoms with Gasteiger partial charge >= 0.3 is 0 Å². The molecule has 2 heterocycles. The first-order valence-electron chi connectivity index (χ1n) is 7.04. The monoisotopic (exact) mass is 297 g/mol. The fraction of sp³-hybridized carbons (Fsp3) is 0.571. The fourth-order valence-electron chi connectivity index (χ4n) is 2.73. The lowest BCUT2D eigenvalue weighted by atomic mass is 10.2. The van der Waals surface area contributed by atoms with E-state index in [2.05, 4.69) is 9.80 Å². The second kappa shape index (κ2) is 6.08. The number of fused-ring (bicyclic) bond motifs is 1. The minimum Gasteiger partial charge on any atom is -0.486 e. The number of hydrogen-bond donors (Lipinski definition) is 1. The Morgan fingerprint density at radius 3 is 2.60 bits per heavy atom. The highest BCUT2D eigenvalue weighted by atomic mass is 35.5. The zero-order valence-corrected chi connectivity index (χ0v) is 12.2. The van der Waals surface area contributed by atoms with Crippen molar-refractivity contribution in [2.24, 2.45) is 5.73 Å². The summed E-state index contributed by atoms with van der Waals surface area (Å²) in [6.07, 6.45) is 0. The number of hydrogen-bond acceptors (Lipinski definition) is 5. The molecular formula is C14H20ClN3O2. The molecule has 6 heteroatoms. The van der Waals surface area contributed by atoms with Crippen molar-refractivity contribution in [3.05, 3.63) is 17.2 Å². The molecule has 5 nitrogen and oxygen atoms in total. The molecule has 2 N–H and O–H groups in total. The molecule has 1 aromatic rings. The van der Waals surface area contributed by atoms with Crippen LogP contribution in [-0.4, -0.2) is 57.4 Å². The van der Waals surface area contributed by atoms with Crippen molar-refractivity contribution in [3.8, 4) is 11.5 Å². The fourth-order valence-corrected chi connectivity index (χ4v) is 2.93. The van der Waals surface area contributed by atoms with Gasteiger partial charge in [-0.2, -0.15) is 0 Å². The largest absolute Gasteiger partial charge is 0.486 e. The van der Waals surface area contributed by atoms with E-state index in [9.17, 15) is 0 Å². The normalized spacial score (nSPS) is 19.2. The molecule has 3 rings (SSSR count). The van der Waals surface area contributed by atoms with E-state index in [1.54, 1.807) is 0 Å². The van der Waals surface area contributed by atoms with Gasteiger partial charge in [0.2, 0.25) is 0 Å². The van der Waals surface area contributed by atoms with Crippen molar-refractivity contribution in [3.63, 3.8) is 0 Å². The highest BCUT2D eigenvalue weighted by Gasteiger charge is 2.24. The third kappa shape index (κ3) is 2.80. The summed E-state index contributed by atoms with van der Waals surface area (Å²) < 4.78 is 11.4. The Morgan fingerprint density at radius 2 is 1.85 bits per heavy atom. The number of benzene rings is 1. The maximum absolute atomic E-state index is 6.19. The topological polar surface area (TPSA) is 51.0 Å². The van der Waals surface area contributed by atoms with Crippen LogP contribution in [0.3, 0.4) is 0 Å². The summed E-state index contributed by atoms with van der Waals surface area (Å²) in [7, 11) is 0. The standard InChI is InChI=1S/C14H20ClN3O2/c15-11-9-12(14-13(10-11)19-7-8-20-14)18-5-3-17(2-1-16)4-6-18/h9-10H,1-8,16H2. The van der Waals surface area contributed by atoms with Gasteiger partial charge in [-0.1, -0.05) is 11.6 Å². The summed E-state index contributed by atoms with van der Waals surface area (Å²) >= 11 is 6.19. The van der Waals surface area contributed by atoms with E-state index in [0.29, 0.717) is 24.8 Å². The van der Waals surface area contributed by atoms with Crippen molar-refractivity contribution >= 4 is 17.3 Å². The molecule has 1 fully saturated rings. The number of nitrogens with zero attached hydrogens (tertiary/aromatic N) is 2. The average molecular weight is 298 g/mol. The van der Waals surface area contributed by atoms with Crippen molar-refractivity contribution in [1.29, 1.82) is 0 Å². The number of nitrogens with two attached hydrogens (primary N) is 1. The van der Waals surface area contributed by atoms with Gasteiger partial charge in [-0.3, -0.25) is 4.90 Å². The molecule has 110 valence electrons. The lowest BCUT2D eigenvalue weighted by Gasteiger charge is -2.37. The molecule has 0 spiro atoms. The molecule has 0 amide bonds. The SMILES string of the molecule is NCCN1CCN(c2cc(Cl)cc3c2OCCO3)CC1. The smallest absolute Gasteiger partial charge is 0.184 e. The molecule has 0 atom stereocenters. The first-order valence-corrected chi connectivity index (χ1v) is 7.42. The van der Waals surface area contributed by atoms with Crippen molar-refractivity contribution in [2.45, 2.75) is 0 Å². The van der Waals surface area contributed by atoms with Gasteiger partial charge in [-0.05, 0) is 6.07 Å². The molecule has 20 heavy (non-hydrogen) atoms. The van der Waals surface area contributed by atoms with Crippen molar-refractivity contribution in [2.75, 3.05) is 57.4 Å². The van der Waals surface area contributed by atoms with Crippen LogP contribution in [0.1, 0.15) is 0 Å². The third-order valence-corrected chi connectivity index (χ3v) is 3.96. The number of anilines is 1. The summed E-state index contributed by atoms with van der Waals surface area (Å²) in [4.78, 5) is 4.69. The molecule has 0 saturated carbocycles. The van der Waals surface area contributed by atoms with Gasteiger partial charge in [0.1, 0.15) is 13.2 Å². The predicted octanol–water partition coefficient (Wildman–Crippen LogP) is 1.19. The van der Waals surface area contributed by atoms with Gasteiger partial charge in [-0.25, -0.2) is 0 Å². The molecule has 1 aromatic carbocycles. The average Bonchev–Trinajstić information content (AvgIpc) is 2.47. The van der Waals surface area contributed by atoms with Gasteiger partial charge in [-0.15, -0.1) is 0 Å². The van der Waals surface area contributed by atoms with Crippen molar-refractivity contribution < 1.29 is 9.47 Å². The minimum atomic E-state index is 0.580. The van der Waals surface area contributed by atoms with Crippen LogP contribution in [0.25, 0.3) is 0 Å².